The first-order valence-corrected chi connectivity index (χ1v) is 9.59. The second kappa shape index (κ2) is 8.86. The van der Waals surface area contributed by atoms with Gasteiger partial charge in [-0.25, -0.2) is 14.2 Å². The van der Waals surface area contributed by atoms with Crippen LogP contribution >= 0.6 is 34.5 Å². The van der Waals surface area contributed by atoms with Crippen LogP contribution in [-0.2, 0) is 17.2 Å². The lowest BCUT2D eigenvalue weighted by atomic mass is 10.2. The minimum atomic E-state index is -0.678. The molecule has 0 radical (unpaired) electrons. The number of nitrogens with one attached hydrogen (secondary N) is 2. The monoisotopic (exact) mass is 433 g/mol. The van der Waals surface area contributed by atoms with Crippen LogP contribution in [0.2, 0.25) is 5.02 Å². The smallest absolute Gasteiger partial charge is 0.413 e. The lowest BCUT2D eigenvalue weighted by Gasteiger charge is -2.18. The van der Waals surface area contributed by atoms with E-state index in [9.17, 15) is 14.0 Å². The van der Waals surface area contributed by atoms with Crippen LogP contribution in [0.1, 0.15) is 41.7 Å². The highest BCUT2D eigenvalue weighted by molar-refractivity contribution is 7.17. The maximum absolute atomic E-state index is 13.1. The molecule has 0 spiro atoms. The molecule has 1 aromatic heterocycles. The lowest BCUT2D eigenvalue weighted by Crippen LogP contribution is -2.27. The second-order valence-corrected chi connectivity index (χ2v) is 8.15. The first-order valence-electron chi connectivity index (χ1n) is 7.87. The maximum Gasteiger partial charge on any atom is 0.413 e. The number of anilines is 1. The predicted molar refractivity (Wildman–Crippen MR) is 104 cm³/mol. The first kappa shape index (κ1) is 21.4. The zero-order chi connectivity index (χ0) is 20.2. The van der Waals surface area contributed by atoms with Crippen molar-refractivity contribution in [2.24, 2.45) is 0 Å². The molecule has 10 heteroatoms. The molecule has 146 valence electrons. The number of nitrogens with zero attached hydrogens (tertiary/aromatic N) is 1. The Morgan fingerprint density at radius 1 is 1.33 bits per heavy atom. The summed E-state index contributed by atoms with van der Waals surface area (Å²) in [4.78, 5) is 28.7. The quantitative estimate of drug-likeness (QED) is 0.653. The van der Waals surface area contributed by atoms with Crippen LogP contribution in [0, 0.1) is 5.82 Å². The van der Waals surface area contributed by atoms with E-state index in [1.165, 1.54) is 18.2 Å². The Labute approximate surface area is 170 Å². The largest absolute Gasteiger partial charge is 0.444 e. The van der Waals surface area contributed by atoms with Crippen molar-refractivity contribution in [2.45, 2.75) is 38.8 Å². The summed E-state index contributed by atoms with van der Waals surface area (Å²) in [6, 6.07) is 3.92. The van der Waals surface area contributed by atoms with E-state index in [0.29, 0.717) is 11.3 Å². The van der Waals surface area contributed by atoms with Gasteiger partial charge < -0.3 is 10.1 Å². The SMILES string of the molecule is CC(C)(C)OC(=O)Nc1nc(CCl)c(C(=O)NCc2ccc(F)cc2Cl)s1. The number of thiazole rings is 1. The van der Waals surface area contributed by atoms with E-state index >= 15 is 0 Å². The minimum Gasteiger partial charge on any atom is -0.444 e. The van der Waals surface area contributed by atoms with Gasteiger partial charge in [0.15, 0.2) is 5.13 Å². The predicted octanol–water partition coefficient (Wildman–Crippen LogP) is 4.95. The molecular formula is C17H18Cl2FN3O3S. The average molecular weight is 434 g/mol. The molecule has 0 aliphatic heterocycles. The third-order valence-corrected chi connectivity index (χ3v) is 4.71. The molecule has 27 heavy (non-hydrogen) atoms. The van der Waals surface area contributed by atoms with E-state index in [1.807, 2.05) is 0 Å². The van der Waals surface area contributed by atoms with Crippen LogP contribution in [-0.4, -0.2) is 22.6 Å². The maximum atomic E-state index is 13.1. The summed E-state index contributed by atoms with van der Waals surface area (Å²) in [6.45, 7) is 5.31. The number of benzene rings is 1. The topological polar surface area (TPSA) is 80.3 Å². The first-order chi connectivity index (χ1) is 12.6. The van der Waals surface area contributed by atoms with Gasteiger partial charge in [-0.1, -0.05) is 29.0 Å². The normalized spacial score (nSPS) is 11.2. The standard InChI is InChI=1S/C17H18Cl2FN3O3S/c1-17(2,3)26-16(25)23-15-22-12(7-18)13(27-15)14(24)21-8-9-4-5-10(20)6-11(9)19/h4-6H,7-8H2,1-3H3,(H,21,24)(H,22,23,25). The van der Waals surface area contributed by atoms with Crippen molar-refractivity contribution in [1.29, 1.82) is 0 Å². The highest BCUT2D eigenvalue weighted by Crippen LogP contribution is 2.25. The van der Waals surface area contributed by atoms with Gasteiger partial charge in [0.2, 0.25) is 0 Å². The van der Waals surface area contributed by atoms with E-state index in [0.717, 1.165) is 11.3 Å². The zero-order valence-corrected chi connectivity index (χ0v) is 17.2. The number of aromatic nitrogens is 1. The third kappa shape index (κ3) is 6.34. The Bertz CT molecular complexity index is 852. The summed E-state index contributed by atoms with van der Waals surface area (Å²) in [5.41, 5.74) is 0.233. The van der Waals surface area contributed by atoms with E-state index < -0.39 is 23.4 Å². The number of halogens is 3. The number of hydrogen-bond donors (Lipinski definition) is 2. The summed E-state index contributed by atoms with van der Waals surface area (Å²) in [5.74, 6) is -0.896. The van der Waals surface area contributed by atoms with Gasteiger partial charge in [-0.15, -0.1) is 11.6 Å². The van der Waals surface area contributed by atoms with Crippen molar-refractivity contribution in [3.63, 3.8) is 0 Å². The van der Waals surface area contributed by atoms with Gasteiger partial charge >= 0.3 is 6.09 Å². The van der Waals surface area contributed by atoms with Crippen molar-refractivity contribution < 1.29 is 18.7 Å². The molecule has 0 aliphatic carbocycles. The summed E-state index contributed by atoms with van der Waals surface area (Å²) in [6.07, 6.45) is -0.678. The van der Waals surface area contributed by atoms with E-state index in [2.05, 4.69) is 15.6 Å². The molecule has 0 bridgehead atoms. The van der Waals surface area contributed by atoms with Crippen LogP contribution in [0.25, 0.3) is 0 Å². The number of carbonyl (C=O) groups excluding carboxylic acids is 2. The average Bonchev–Trinajstić information content (AvgIpc) is 2.94. The fraction of sp³-hybridized carbons (Fsp3) is 0.353. The molecule has 0 fully saturated rings. The van der Waals surface area contributed by atoms with E-state index in [4.69, 9.17) is 27.9 Å². The van der Waals surface area contributed by atoms with Gasteiger partial charge in [0.1, 0.15) is 16.3 Å². The van der Waals surface area contributed by atoms with Crippen molar-refractivity contribution in [1.82, 2.24) is 10.3 Å². The second-order valence-electron chi connectivity index (χ2n) is 6.47. The Morgan fingerprint density at radius 3 is 2.63 bits per heavy atom. The number of rotatable bonds is 5. The van der Waals surface area contributed by atoms with Crippen LogP contribution < -0.4 is 10.6 Å². The molecule has 0 saturated carbocycles. The van der Waals surface area contributed by atoms with Crippen LogP contribution in [0.4, 0.5) is 14.3 Å². The van der Waals surface area contributed by atoms with Crippen LogP contribution in [0.15, 0.2) is 18.2 Å². The Balaban J connectivity index is 2.07. The summed E-state index contributed by atoms with van der Waals surface area (Å²) in [5, 5.41) is 5.57. The van der Waals surface area contributed by atoms with Gasteiger partial charge in [-0.2, -0.15) is 0 Å². The van der Waals surface area contributed by atoms with E-state index in [1.54, 1.807) is 20.8 Å². The Kier molecular flexibility index (Phi) is 7.02. The molecule has 0 unspecified atom stereocenters. The molecule has 1 aromatic carbocycles. The molecule has 0 aliphatic rings. The van der Waals surface area contributed by atoms with Crippen LogP contribution in [0.5, 0.6) is 0 Å². The lowest BCUT2D eigenvalue weighted by molar-refractivity contribution is 0.0635. The fourth-order valence-electron chi connectivity index (χ4n) is 1.98. The number of ether oxygens (including phenoxy) is 1. The molecule has 2 N–H and O–H groups in total. The Hall–Kier alpha value is -1.90. The molecule has 2 amide bonds. The molecule has 2 rings (SSSR count). The molecule has 1 heterocycles. The summed E-state index contributed by atoms with van der Waals surface area (Å²) in [7, 11) is 0. The van der Waals surface area contributed by atoms with Gasteiger partial charge in [-0.05, 0) is 38.5 Å². The molecule has 0 saturated heterocycles. The highest BCUT2D eigenvalue weighted by Gasteiger charge is 2.21. The van der Waals surface area contributed by atoms with Gasteiger partial charge in [0, 0.05) is 11.6 Å². The van der Waals surface area contributed by atoms with Crippen molar-refractivity contribution in [3.05, 3.63) is 45.2 Å². The molecule has 0 atom stereocenters. The fourth-order valence-corrected chi connectivity index (χ4v) is 3.38. The molecule has 6 nitrogen and oxygen atoms in total. The highest BCUT2D eigenvalue weighted by atomic mass is 35.5. The third-order valence-electron chi connectivity index (χ3n) is 3.09. The molecular weight excluding hydrogens is 416 g/mol. The van der Waals surface area contributed by atoms with Crippen molar-refractivity contribution in [3.8, 4) is 0 Å². The van der Waals surface area contributed by atoms with Gasteiger partial charge in [0.25, 0.3) is 5.91 Å². The number of carbonyl (C=O) groups is 2. The number of alkyl halides is 1. The van der Waals surface area contributed by atoms with Crippen LogP contribution in [0.3, 0.4) is 0 Å². The van der Waals surface area contributed by atoms with Gasteiger partial charge in [0.05, 0.1) is 11.6 Å². The van der Waals surface area contributed by atoms with Crippen molar-refractivity contribution in [2.75, 3.05) is 5.32 Å². The summed E-state index contributed by atoms with van der Waals surface area (Å²) >= 11 is 12.8. The number of amides is 2. The van der Waals surface area contributed by atoms with Crippen molar-refractivity contribution >= 4 is 51.7 Å². The zero-order valence-electron chi connectivity index (χ0n) is 14.9. The van der Waals surface area contributed by atoms with E-state index in [-0.39, 0.29) is 27.5 Å². The van der Waals surface area contributed by atoms with Gasteiger partial charge in [-0.3, -0.25) is 10.1 Å². The summed E-state index contributed by atoms with van der Waals surface area (Å²) < 4.78 is 18.2. The minimum absolute atomic E-state index is 0.00738. The number of hydrogen-bond acceptors (Lipinski definition) is 5. The Morgan fingerprint density at radius 2 is 2.04 bits per heavy atom. The molecule has 2 aromatic rings.